The summed E-state index contributed by atoms with van der Waals surface area (Å²) in [5.41, 5.74) is 1.07. The van der Waals surface area contributed by atoms with Crippen molar-refractivity contribution in [1.29, 1.82) is 0 Å². The zero-order chi connectivity index (χ0) is 16.9. The Morgan fingerprint density at radius 2 is 1.46 bits per heavy atom. The topological polar surface area (TPSA) is 80.3 Å². The Kier molecular flexibility index (Phi) is 3.40. The first-order valence-electron chi connectivity index (χ1n) is 7.79. The summed E-state index contributed by atoms with van der Waals surface area (Å²) >= 11 is 0. The van der Waals surface area contributed by atoms with E-state index in [0.29, 0.717) is 23.6 Å². The van der Waals surface area contributed by atoms with E-state index in [-0.39, 0.29) is 27.6 Å². The molecule has 2 aliphatic carbocycles. The first kappa shape index (κ1) is 15.2. The van der Waals surface area contributed by atoms with Crippen molar-refractivity contribution in [1.82, 2.24) is 4.72 Å². The molecule has 6 heteroatoms. The van der Waals surface area contributed by atoms with Crippen LogP contribution in [0.15, 0.2) is 47.4 Å². The quantitative estimate of drug-likeness (QED) is 0.788. The molecule has 2 aromatic rings. The molecule has 1 fully saturated rings. The van der Waals surface area contributed by atoms with Crippen LogP contribution in [0.1, 0.15) is 44.7 Å². The molecule has 0 spiro atoms. The molecule has 24 heavy (non-hydrogen) atoms. The number of sulfonamides is 1. The van der Waals surface area contributed by atoms with E-state index in [9.17, 15) is 18.0 Å². The number of nitrogens with one attached hydrogen (secondary N) is 1. The molecule has 5 nitrogen and oxygen atoms in total. The van der Waals surface area contributed by atoms with Crippen molar-refractivity contribution in [2.75, 3.05) is 6.54 Å². The predicted molar refractivity (Wildman–Crippen MR) is 87.7 cm³/mol. The van der Waals surface area contributed by atoms with E-state index in [1.54, 1.807) is 24.3 Å². The van der Waals surface area contributed by atoms with Crippen LogP contribution in [0.2, 0.25) is 0 Å². The van der Waals surface area contributed by atoms with Gasteiger partial charge in [-0.15, -0.1) is 0 Å². The lowest BCUT2D eigenvalue weighted by atomic mass is 9.84. The Morgan fingerprint density at radius 1 is 0.875 bits per heavy atom. The molecule has 0 amide bonds. The first-order valence-corrected chi connectivity index (χ1v) is 9.28. The van der Waals surface area contributed by atoms with E-state index in [0.717, 1.165) is 12.8 Å². The van der Waals surface area contributed by atoms with Crippen molar-refractivity contribution in [3.05, 3.63) is 64.7 Å². The molecule has 122 valence electrons. The van der Waals surface area contributed by atoms with E-state index in [4.69, 9.17) is 0 Å². The summed E-state index contributed by atoms with van der Waals surface area (Å²) in [5, 5.41) is 0. The average molecular weight is 341 g/mol. The van der Waals surface area contributed by atoms with Gasteiger partial charge in [0.15, 0.2) is 11.6 Å². The van der Waals surface area contributed by atoms with Crippen LogP contribution >= 0.6 is 0 Å². The second kappa shape index (κ2) is 5.36. The maximum Gasteiger partial charge on any atom is 0.240 e. The van der Waals surface area contributed by atoms with Gasteiger partial charge in [0, 0.05) is 28.8 Å². The number of carbonyl (C=O) groups excluding carboxylic acids is 2. The third kappa shape index (κ3) is 2.48. The van der Waals surface area contributed by atoms with Crippen LogP contribution in [0.3, 0.4) is 0 Å². The first-order chi connectivity index (χ1) is 11.5. The normalized spacial score (nSPS) is 16.7. The van der Waals surface area contributed by atoms with E-state index < -0.39 is 10.0 Å². The Morgan fingerprint density at radius 3 is 2.08 bits per heavy atom. The Balaban J connectivity index is 1.75. The van der Waals surface area contributed by atoms with Crippen LogP contribution < -0.4 is 4.72 Å². The van der Waals surface area contributed by atoms with Crippen molar-refractivity contribution >= 4 is 21.6 Å². The van der Waals surface area contributed by atoms with Crippen LogP contribution in [0.4, 0.5) is 0 Å². The van der Waals surface area contributed by atoms with Crippen molar-refractivity contribution in [3.8, 4) is 0 Å². The SMILES string of the molecule is O=C1c2ccccc2C(=O)c2cc(S(=O)(=O)NCC3CC3)ccc21. The lowest BCUT2D eigenvalue weighted by molar-refractivity contribution is 0.0979. The van der Waals surface area contributed by atoms with Gasteiger partial charge in [-0.25, -0.2) is 13.1 Å². The van der Waals surface area contributed by atoms with Gasteiger partial charge in [0.1, 0.15) is 0 Å². The number of carbonyl (C=O) groups is 2. The molecule has 0 aliphatic heterocycles. The molecule has 4 rings (SSSR count). The van der Waals surface area contributed by atoms with E-state index in [2.05, 4.69) is 4.72 Å². The Bertz CT molecular complexity index is 974. The second-order valence-corrected chi connectivity index (χ2v) is 7.97. The molecule has 2 aliphatic rings. The fourth-order valence-electron chi connectivity index (χ4n) is 2.88. The number of benzene rings is 2. The van der Waals surface area contributed by atoms with Gasteiger partial charge in [-0.2, -0.15) is 0 Å². The fraction of sp³-hybridized carbons (Fsp3) is 0.222. The minimum absolute atomic E-state index is 0.0161. The highest BCUT2D eigenvalue weighted by Gasteiger charge is 2.31. The summed E-state index contributed by atoms with van der Waals surface area (Å²) in [6.45, 7) is 0.412. The molecule has 0 bridgehead atoms. The van der Waals surface area contributed by atoms with Crippen LogP contribution in [-0.2, 0) is 10.0 Å². The van der Waals surface area contributed by atoms with Crippen LogP contribution in [-0.4, -0.2) is 26.5 Å². The summed E-state index contributed by atoms with van der Waals surface area (Å²) in [6, 6.07) is 10.7. The molecule has 0 radical (unpaired) electrons. The van der Waals surface area contributed by atoms with E-state index in [1.807, 2.05) is 0 Å². The summed E-state index contributed by atoms with van der Waals surface area (Å²) in [7, 11) is -3.68. The van der Waals surface area contributed by atoms with Gasteiger partial charge in [0.2, 0.25) is 10.0 Å². The molecule has 0 heterocycles. The summed E-state index contributed by atoms with van der Waals surface area (Å²) < 4.78 is 27.3. The van der Waals surface area contributed by atoms with Crippen molar-refractivity contribution in [3.63, 3.8) is 0 Å². The number of rotatable bonds is 4. The third-order valence-electron chi connectivity index (χ3n) is 4.47. The fourth-order valence-corrected chi connectivity index (χ4v) is 4.02. The molecule has 0 aromatic heterocycles. The molecule has 2 aromatic carbocycles. The molecular weight excluding hydrogens is 326 g/mol. The average Bonchev–Trinajstić information content (AvgIpc) is 3.42. The standard InChI is InChI=1S/C18H15NO4S/c20-17-13-3-1-2-4-14(13)18(21)16-9-12(7-8-15(16)17)24(22,23)19-10-11-5-6-11/h1-4,7-9,11,19H,5-6,10H2. The summed E-state index contributed by atoms with van der Waals surface area (Å²) in [4.78, 5) is 25.2. The highest BCUT2D eigenvalue weighted by molar-refractivity contribution is 7.89. The van der Waals surface area contributed by atoms with Gasteiger partial charge in [-0.3, -0.25) is 9.59 Å². The van der Waals surface area contributed by atoms with Gasteiger partial charge in [0.05, 0.1) is 4.90 Å². The maximum absolute atomic E-state index is 12.6. The largest absolute Gasteiger partial charge is 0.289 e. The van der Waals surface area contributed by atoms with Gasteiger partial charge in [-0.05, 0) is 37.0 Å². The van der Waals surface area contributed by atoms with Crippen molar-refractivity contribution < 1.29 is 18.0 Å². The zero-order valence-electron chi connectivity index (χ0n) is 12.8. The highest BCUT2D eigenvalue weighted by Crippen LogP contribution is 2.30. The lowest BCUT2D eigenvalue weighted by Gasteiger charge is -2.18. The zero-order valence-corrected chi connectivity index (χ0v) is 13.6. The highest BCUT2D eigenvalue weighted by atomic mass is 32.2. The lowest BCUT2D eigenvalue weighted by Crippen LogP contribution is -2.27. The van der Waals surface area contributed by atoms with Gasteiger partial charge in [-0.1, -0.05) is 24.3 Å². The Hall–Kier alpha value is -2.31. The smallest absolute Gasteiger partial charge is 0.240 e. The van der Waals surface area contributed by atoms with E-state index >= 15 is 0 Å². The minimum Gasteiger partial charge on any atom is -0.289 e. The molecule has 0 atom stereocenters. The molecule has 0 saturated heterocycles. The van der Waals surface area contributed by atoms with Crippen LogP contribution in [0, 0.1) is 5.92 Å². The van der Waals surface area contributed by atoms with Crippen LogP contribution in [0.5, 0.6) is 0 Å². The maximum atomic E-state index is 12.6. The molecule has 0 unspecified atom stereocenters. The minimum atomic E-state index is -3.68. The summed E-state index contributed by atoms with van der Waals surface area (Å²) in [5.74, 6) is -0.165. The van der Waals surface area contributed by atoms with Crippen LogP contribution in [0.25, 0.3) is 0 Å². The number of hydrogen-bond donors (Lipinski definition) is 1. The number of fused-ring (bicyclic) bond motifs is 2. The van der Waals surface area contributed by atoms with Crippen molar-refractivity contribution in [2.45, 2.75) is 17.7 Å². The van der Waals surface area contributed by atoms with Gasteiger partial charge >= 0.3 is 0 Å². The van der Waals surface area contributed by atoms with Gasteiger partial charge in [0.25, 0.3) is 0 Å². The van der Waals surface area contributed by atoms with Gasteiger partial charge < -0.3 is 0 Å². The number of ketones is 2. The predicted octanol–water partition coefficient (Wildman–Crippen LogP) is 2.15. The number of hydrogen-bond acceptors (Lipinski definition) is 4. The molecule has 1 N–H and O–H groups in total. The van der Waals surface area contributed by atoms with Crippen molar-refractivity contribution in [2.24, 2.45) is 5.92 Å². The molecule has 1 saturated carbocycles. The Labute approximate surface area is 139 Å². The summed E-state index contributed by atoms with van der Waals surface area (Å²) in [6.07, 6.45) is 2.08. The monoisotopic (exact) mass is 341 g/mol. The van der Waals surface area contributed by atoms with E-state index in [1.165, 1.54) is 18.2 Å². The second-order valence-electron chi connectivity index (χ2n) is 6.21. The third-order valence-corrected chi connectivity index (χ3v) is 5.89. The molecular formula is C18H15NO4S.